The first-order valence-electron chi connectivity index (χ1n) is 2.76. The summed E-state index contributed by atoms with van der Waals surface area (Å²) in [5, 5.41) is 8.59. The van der Waals surface area contributed by atoms with E-state index in [2.05, 4.69) is 15.9 Å². The fourth-order valence-corrected chi connectivity index (χ4v) is 1.24. The second-order valence-electron chi connectivity index (χ2n) is 1.95. The molecule has 0 aliphatic carbocycles. The SMILES string of the molecule is Nc1cc(Br)cc([B]O)c1. The van der Waals surface area contributed by atoms with Gasteiger partial charge in [0.15, 0.2) is 0 Å². The molecule has 0 bridgehead atoms. The van der Waals surface area contributed by atoms with Crippen LogP contribution in [0.2, 0.25) is 0 Å². The van der Waals surface area contributed by atoms with Crippen molar-refractivity contribution in [3.63, 3.8) is 0 Å². The Kier molecular flexibility index (Phi) is 2.35. The number of rotatable bonds is 1. The van der Waals surface area contributed by atoms with Crippen LogP contribution in [0.15, 0.2) is 22.7 Å². The molecule has 0 unspecified atom stereocenters. The van der Waals surface area contributed by atoms with E-state index in [0.29, 0.717) is 11.2 Å². The molecular formula is C6H6BBrNO. The van der Waals surface area contributed by atoms with Crippen LogP contribution in [-0.4, -0.2) is 12.5 Å². The van der Waals surface area contributed by atoms with Crippen molar-refractivity contribution in [1.82, 2.24) is 0 Å². The standard InChI is InChI=1S/C6H6BBrNO/c8-5-1-4(7-10)2-6(9)3-5/h1-3,10H,9H2. The molecule has 0 spiro atoms. The largest absolute Gasteiger partial charge is 0.450 e. The smallest absolute Gasteiger partial charge is 0.326 e. The molecule has 1 aromatic rings. The van der Waals surface area contributed by atoms with Gasteiger partial charge < -0.3 is 10.8 Å². The minimum Gasteiger partial charge on any atom is -0.450 e. The second-order valence-corrected chi connectivity index (χ2v) is 2.86. The second kappa shape index (κ2) is 3.08. The van der Waals surface area contributed by atoms with Crippen LogP contribution >= 0.6 is 15.9 Å². The van der Waals surface area contributed by atoms with Crippen LogP contribution < -0.4 is 11.2 Å². The van der Waals surface area contributed by atoms with Gasteiger partial charge in [-0.15, -0.1) is 0 Å². The van der Waals surface area contributed by atoms with Crippen molar-refractivity contribution in [2.45, 2.75) is 0 Å². The van der Waals surface area contributed by atoms with Gasteiger partial charge in [0, 0.05) is 10.2 Å². The van der Waals surface area contributed by atoms with Gasteiger partial charge in [0.1, 0.15) is 0 Å². The first kappa shape index (κ1) is 7.63. The van der Waals surface area contributed by atoms with Gasteiger partial charge >= 0.3 is 7.48 Å². The Labute approximate surface area is 68.5 Å². The molecule has 0 aliphatic rings. The third-order valence-electron chi connectivity index (χ3n) is 1.09. The molecule has 0 atom stereocenters. The summed E-state index contributed by atoms with van der Waals surface area (Å²) in [7, 11) is 1.02. The van der Waals surface area contributed by atoms with Crippen LogP contribution in [0.1, 0.15) is 0 Å². The van der Waals surface area contributed by atoms with Crippen molar-refractivity contribution in [3.8, 4) is 0 Å². The molecule has 0 saturated carbocycles. The molecule has 10 heavy (non-hydrogen) atoms. The van der Waals surface area contributed by atoms with E-state index in [4.69, 9.17) is 10.8 Å². The summed E-state index contributed by atoms with van der Waals surface area (Å²) in [6.07, 6.45) is 0. The van der Waals surface area contributed by atoms with Crippen LogP contribution in [0.25, 0.3) is 0 Å². The lowest BCUT2D eigenvalue weighted by atomic mass is 9.89. The average Bonchev–Trinajstić information content (AvgIpc) is 1.85. The number of hydrogen-bond donors (Lipinski definition) is 2. The third-order valence-corrected chi connectivity index (χ3v) is 1.55. The predicted molar refractivity (Wildman–Crippen MR) is 46.2 cm³/mol. The van der Waals surface area contributed by atoms with Crippen molar-refractivity contribution in [1.29, 1.82) is 0 Å². The van der Waals surface area contributed by atoms with E-state index in [9.17, 15) is 0 Å². The topological polar surface area (TPSA) is 46.2 Å². The molecule has 0 saturated heterocycles. The molecule has 3 N–H and O–H groups in total. The molecule has 1 rings (SSSR count). The summed E-state index contributed by atoms with van der Waals surface area (Å²) in [6, 6.07) is 5.23. The van der Waals surface area contributed by atoms with E-state index in [0.717, 1.165) is 12.0 Å². The van der Waals surface area contributed by atoms with Gasteiger partial charge in [0.05, 0.1) is 0 Å². The van der Waals surface area contributed by atoms with Crippen molar-refractivity contribution in [3.05, 3.63) is 22.7 Å². The highest BCUT2D eigenvalue weighted by atomic mass is 79.9. The summed E-state index contributed by atoms with van der Waals surface area (Å²) in [5.41, 5.74) is 6.81. The van der Waals surface area contributed by atoms with Gasteiger partial charge in [-0.05, 0) is 12.1 Å². The number of hydrogen-bond acceptors (Lipinski definition) is 2. The summed E-state index contributed by atoms with van der Waals surface area (Å²) in [6.45, 7) is 0. The van der Waals surface area contributed by atoms with Gasteiger partial charge in [0.25, 0.3) is 0 Å². The Morgan fingerprint density at radius 3 is 2.60 bits per heavy atom. The minimum atomic E-state index is 0.634. The Balaban J connectivity index is 3.06. The molecule has 0 aliphatic heterocycles. The number of nitrogens with two attached hydrogens (primary N) is 1. The number of benzene rings is 1. The molecule has 4 heteroatoms. The number of nitrogen functional groups attached to an aromatic ring is 1. The van der Waals surface area contributed by atoms with Crippen LogP contribution in [0.3, 0.4) is 0 Å². The lowest BCUT2D eigenvalue weighted by molar-refractivity contribution is 0.615. The molecule has 0 amide bonds. The zero-order valence-electron chi connectivity index (χ0n) is 5.21. The zero-order valence-corrected chi connectivity index (χ0v) is 6.80. The highest BCUT2D eigenvalue weighted by Crippen LogP contribution is 2.10. The highest BCUT2D eigenvalue weighted by molar-refractivity contribution is 9.10. The molecule has 1 radical (unpaired) electrons. The molecule has 2 nitrogen and oxygen atoms in total. The summed E-state index contributed by atoms with van der Waals surface area (Å²) in [5.74, 6) is 0. The van der Waals surface area contributed by atoms with E-state index in [1.54, 1.807) is 18.2 Å². The van der Waals surface area contributed by atoms with Crippen LogP contribution in [0.4, 0.5) is 5.69 Å². The fraction of sp³-hybridized carbons (Fsp3) is 0. The summed E-state index contributed by atoms with van der Waals surface area (Å²) < 4.78 is 0.868. The lowest BCUT2D eigenvalue weighted by Gasteiger charge is -1.97. The monoisotopic (exact) mass is 198 g/mol. The third kappa shape index (κ3) is 1.75. The molecular weight excluding hydrogens is 193 g/mol. The lowest BCUT2D eigenvalue weighted by Crippen LogP contribution is -2.13. The Morgan fingerprint density at radius 2 is 2.10 bits per heavy atom. The van der Waals surface area contributed by atoms with E-state index >= 15 is 0 Å². The van der Waals surface area contributed by atoms with Gasteiger partial charge in [-0.2, -0.15) is 0 Å². The van der Waals surface area contributed by atoms with E-state index in [1.165, 1.54) is 0 Å². The van der Waals surface area contributed by atoms with Crippen molar-refractivity contribution in [2.75, 3.05) is 5.73 Å². The van der Waals surface area contributed by atoms with E-state index < -0.39 is 0 Å². The minimum absolute atomic E-state index is 0.634. The maximum absolute atomic E-state index is 8.59. The van der Waals surface area contributed by atoms with Crippen LogP contribution in [0.5, 0.6) is 0 Å². The van der Waals surface area contributed by atoms with Crippen molar-refractivity contribution >= 4 is 34.6 Å². The van der Waals surface area contributed by atoms with Crippen LogP contribution in [-0.2, 0) is 0 Å². The zero-order chi connectivity index (χ0) is 7.56. The predicted octanol–water partition coefficient (Wildman–Crippen LogP) is 0.268. The first-order valence-corrected chi connectivity index (χ1v) is 3.55. The maximum atomic E-state index is 8.59. The molecule has 51 valence electrons. The molecule has 0 aromatic heterocycles. The maximum Gasteiger partial charge on any atom is 0.326 e. The summed E-state index contributed by atoms with van der Waals surface area (Å²) >= 11 is 3.24. The Hall–Kier alpha value is -0.475. The molecule has 1 aromatic carbocycles. The van der Waals surface area contributed by atoms with Gasteiger partial charge in [-0.25, -0.2) is 0 Å². The van der Waals surface area contributed by atoms with Gasteiger partial charge in [-0.1, -0.05) is 27.5 Å². The van der Waals surface area contributed by atoms with Crippen LogP contribution in [0, 0.1) is 0 Å². The molecule has 0 fully saturated rings. The van der Waals surface area contributed by atoms with E-state index in [-0.39, 0.29) is 0 Å². The fourth-order valence-electron chi connectivity index (χ4n) is 0.710. The number of anilines is 1. The highest BCUT2D eigenvalue weighted by Gasteiger charge is 1.95. The first-order chi connectivity index (χ1) is 4.72. The van der Waals surface area contributed by atoms with Crippen molar-refractivity contribution in [2.24, 2.45) is 0 Å². The Bertz CT molecular complexity index is 221. The van der Waals surface area contributed by atoms with Gasteiger partial charge in [0.2, 0.25) is 0 Å². The van der Waals surface area contributed by atoms with Crippen molar-refractivity contribution < 1.29 is 5.02 Å². The quantitative estimate of drug-likeness (QED) is 0.503. The van der Waals surface area contributed by atoms with E-state index in [1.807, 2.05) is 0 Å². The average molecular weight is 199 g/mol. The number of halogens is 1. The Morgan fingerprint density at radius 1 is 1.40 bits per heavy atom. The van der Waals surface area contributed by atoms with Gasteiger partial charge in [-0.3, -0.25) is 0 Å². The molecule has 0 heterocycles. The summed E-state index contributed by atoms with van der Waals surface area (Å²) in [4.78, 5) is 0. The normalized spacial score (nSPS) is 9.40.